The van der Waals surface area contributed by atoms with Gasteiger partial charge >= 0.3 is 0 Å². The molecule has 10 nitrogen and oxygen atoms in total. The Morgan fingerprint density at radius 1 is 1.35 bits per heavy atom. The second kappa shape index (κ2) is 6.52. The van der Waals surface area contributed by atoms with Crippen LogP contribution in [0, 0.1) is 6.92 Å². The minimum Gasteiger partial charge on any atom is -0.310 e. The number of rotatable bonds is 5. The Labute approximate surface area is 135 Å². The number of nitrogens with one attached hydrogen (secondary N) is 1. The van der Waals surface area contributed by atoms with Crippen molar-refractivity contribution >= 4 is 23.5 Å². The fraction of sp³-hybridized carbons (Fsp3) is 0.250. The maximum absolute atomic E-state index is 12.0. The molecule has 3 rings (SSSR count). The number of amides is 1. The quantitative estimate of drug-likeness (QED) is 0.660. The highest BCUT2D eigenvalue weighted by Crippen LogP contribution is 2.14. The van der Waals surface area contributed by atoms with Crippen molar-refractivity contribution in [2.75, 3.05) is 11.1 Å². The van der Waals surface area contributed by atoms with Crippen LogP contribution in [0.3, 0.4) is 0 Å². The van der Waals surface area contributed by atoms with Crippen molar-refractivity contribution in [1.29, 1.82) is 0 Å². The number of thioether (sulfide) groups is 1. The molecule has 0 aliphatic carbocycles. The van der Waals surface area contributed by atoms with Crippen LogP contribution in [0.2, 0.25) is 0 Å². The Kier molecular flexibility index (Phi) is 4.28. The van der Waals surface area contributed by atoms with Crippen LogP contribution >= 0.6 is 11.8 Å². The minimum absolute atomic E-state index is 0.178. The molecule has 3 heterocycles. The molecule has 0 aliphatic rings. The Bertz CT molecular complexity index is 827. The second-order valence-electron chi connectivity index (χ2n) is 4.53. The summed E-state index contributed by atoms with van der Waals surface area (Å²) >= 11 is 1.24. The number of nitrogens with zero attached hydrogens (tertiary/aromatic N) is 8. The first-order valence-electron chi connectivity index (χ1n) is 6.61. The smallest absolute Gasteiger partial charge is 0.236 e. The van der Waals surface area contributed by atoms with Gasteiger partial charge in [0.15, 0.2) is 0 Å². The van der Waals surface area contributed by atoms with Crippen molar-refractivity contribution in [2.24, 2.45) is 7.05 Å². The van der Waals surface area contributed by atoms with Crippen molar-refractivity contribution < 1.29 is 4.79 Å². The van der Waals surface area contributed by atoms with Gasteiger partial charge in [0.25, 0.3) is 0 Å². The zero-order valence-corrected chi connectivity index (χ0v) is 13.2. The topological polar surface area (TPSA) is 116 Å². The number of hydrogen-bond donors (Lipinski definition) is 1. The Balaban J connectivity index is 1.65. The van der Waals surface area contributed by atoms with Crippen LogP contribution in [0.5, 0.6) is 0 Å². The number of aromatic nitrogens is 8. The van der Waals surface area contributed by atoms with Crippen LogP contribution < -0.4 is 5.32 Å². The molecular weight excluding hydrogens is 318 g/mol. The number of hydrogen-bond acceptors (Lipinski definition) is 8. The summed E-state index contributed by atoms with van der Waals surface area (Å²) in [6.07, 6.45) is 4.87. The Hall–Kier alpha value is -2.82. The van der Waals surface area contributed by atoms with E-state index in [1.807, 2.05) is 6.92 Å². The van der Waals surface area contributed by atoms with Crippen molar-refractivity contribution in [2.45, 2.75) is 12.1 Å². The third-order valence-electron chi connectivity index (χ3n) is 2.91. The van der Waals surface area contributed by atoms with E-state index in [1.54, 1.807) is 30.1 Å². The lowest BCUT2D eigenvalue weighted by molar-refractivity contribution is -0.113. The van der Waals surface area contributed by atoms with Crippen LogP contribution in [-0.4, -0.2) is 51.4 Å². The SMILES string of the molecule is Cc1nccn1-c1cc(NC(=O)CSc2nnnn2C)ncn1. The van der Waals surface area contributed by atoms with E-state index < -0.39 is 0 Å². The summed E-state index contributed by atoms with van der Waals surface area (Å²) in [5, 5.41) is 14.3. The van der Waals surface area contributed by atoms with Crippen molar-refractivity contribution in [3.05, 3.63) is 30.6 Å². The number of aryl methyl sites for hydroxylation is 2. The van der Waals surface area contributed by atoms with Crippen molar-refractivity contribution in [1.82, 2.24) is 39.7 Å². The summed E-state index contributed by atoms with van der Waals surface area (Å²) in [5.41, 5.74) is 0. The molecule has 0 saturated heterocycles. The molecule has 3 aromatic rings. The standard InChI is InChI=1S/C12H13N9OS/c1-8-13-3-4-21(8)10-5-9(14-7-15-10)16-11(22)6-23-12-17-18-19-20(12)2/h3-5,7H,6H2,1-2H3,(H,14,15,16,22). The molecule has 0 fully saturated rings. The second-order valence-corrected chi connectivity index (χ2v) is 5.47. The van der Waals surface area contributed by atoms with E-state index in [1.165, 1.54) is 22.8 Å². The highest BCUT2D eigenvalue weighted by Gasteiger charge is 2.10. The van der Waals surface area contributed by atoms with Gasteiger partial charge < -0.3 is 5.32 Å². The van der Waals surface area contributed by atoms with Crippen LogP contribution in [0.4, 0.5) is 5.82 Å². The first-order chi connectivity index (χ1) is 11.1. The van der Waals surface area contributed by atoms with Gasteiger partial charge in [-0.2, -0.15) is 0 Å². The summed E-state index contributed by atoms with van der Waals surface area (Å²) in [6, 6.07) is 1.68. The molecule has 0 atom stereocenters. The van der Waals surface area contributed by atoms with Gasteiger partial charge in [-0.1, -0.05) is 11.8 Å². The van der Waals surface area contributed by atoms with Gasteiger partial charge in [-0.3, -0.25) is 9.36 Å². The predicted octanol–water partition coefficient (Wildman–Crippen LogP) is 0.225. The van der Waals surface area contributed by atoms with Gasteiger partial charge in [-0.25, -0.2) is 19.6 Å². The van der Waals surface area contributed by atoms with E-state index in [0.29, 0.717) is 16.8 Å². The fourth-order valence-corrected chi connectivity index (χ4v) is 2.47. The van der Waals surface area contributed by atoms with Crippen LogP contribution in [0.25, 0.3) is 5.82 Å². The molecule has 0 spiro atoms. The minimum atomic E-state index is -0.204. The van der Waals surface area contributed by atoms with E-state index in [-0.39, 0.29) is 11.7 Å². The summed E-state index contributed by atoms with van der Waals surface area (Å²) in [7, 11) is 1.71. The Morgan fingerprint density at radius 2 is 2.22 bits per heavy atom. The molecular formula is C12H13N9OS. The van der Waals surface area contributed by atoms with Crippen LogP contribution in [-0.2, 0) is 11.8 Å². The molecule has 0 bridgehead atoms. The number of anilines is 1. The zero-order chi connectivity index (χ0) is 16.2. The summed E-state index contributed by atoms with van der Waals surface area (Å²) in [4.78, 5) is 24.4. The number of carbonyl (C=O) groups is 1. The molecule has 23 heavy (non-hydrogen) atoms. The third-order valence-corrected chi connectivity index (χ3v) is 3.92. The molecule has 0 radical (unpaired) electrons. The molecule has 0 aromatic carbocycles. The largest absolute Gasteiger partial charge is 0.310 e. The first kappa shape index (κ1) is 15.1. The average Bonchev–Trinajstić information content (AvgIpc) is 3.14. The maximum atomic E-state index is 12.0. The monoisotopic (exact) mass is 331 g/mol. The molecule has 0 saturated carbocycles. The molecule has 1 amide bonds. The van der Waals surface area contributed by atoms with Gasteiger partial charge in [0, 0.05) is 25.5 Å². The summed E-state index contributed by atoms with van der Waals surface area (Å²) in [5.74, 6) is 1.83. The predicted molar refractivity (Wildman–Crippen MR) is 82.0 cm³/mol. The molecule has 118 valence electrons. The molecule has 3 aromatic heterocycles. The van der Waals surface area contributed by atoms with E-state index in [2.05, 4.69) is 35.8 Å². The van der Waals surface area contributed by atoms with Gasteiger partial charge in [-0.05, 0) is 17.4 Å². The summed E-state index contributed by atoms with van der Waals surface area (Å²) < 4.78 is 3.31. The lowest BCUT2D eigenvalue weighted by atomic mass is 10.5. The highest BCUT2D eigenvalue weighted by molar-refractivity contribution is 7.99. The summed E-state index contributed by atoms with van der Waals surface area (Å²) in [6.45, 7) is 1.87. The number of carbonyl (C=O) groups excluding carboxylic acids is 1. The van der Waals surface area contributed by atoms with Crippen molar-refractivity contribution in [3.63, 3.8) is 0 Å². The maximum Gasteiger partial charge on any atom is 0.236 e. The normalized spacial score (nSPS) is 10.7. The van der Waals surface area contributed by atoms with Gasteiger partial charge in [-0.15, -0.1) is 5.10 Å². The van der Waals surface area contributed by atoms with Gasteiger partial charge in [0.05, 0.1) is 5.75 Å². The average molecular weight is 331 g/mol. The number of tetrazole rings is 1. The fourth-order valence-electron chi connectivity index (χ4n) is 1.82. The van der Waals surface area contributed by atoms with Gasteiger partial charge in [0.1, 0.15) is 23.8 Å². The number of imidazole rings is 1. The lowest BCUT2D eigenvalue weighted by Gasteiger charge is -2.07. The van der Waals surface area contributed by atoms with Crippen LogP contribution in [0.15, 0.2) is 29.9 Å². The van der Waals surface area contributed by atoms with Crippen molar-refractivity contribution in [3.8, 4) is 5.82 Å². The Morgan fingerprint density at radius 3 is 2.91 bits per heavy atom. The lowest BCUT2D eigenvalue weighted by Crippen LogP contribution is -2.16. The van der Waals surface area contributed by atoms with Gasteiger partial charge in [0.2, 0.25) is 11.1 Å². The molecule has 0 aliphatic heterocycles. The van der Waals surface area contributed by atoms with E-state index in [4.69, 9.17) is 0 Å². The zero-order valence-electron chi connectivity index (χ0n) is 12.4. The van der Waals surface area contributed by atoms with E-state index in [0.717, 1.165) is 5.82 Å². The molecule has 11 heteroatoms. The van der Waals surface area contributed by atoms with Crippen LogP contribution in [0.1, 0.15) is 5.82 Å². The molecule has 0 unspecified atom stereocenters. The van der Waals surface area contributed by atoms with E-state index in [9.17, 15) is 4.79 Å². The first-order valence-corrected chi connectivity index (χ1v) is 7.59. The third kappa shape index (κ3) is 3.51. The molecule has 1 N–H and O–H groups in total. The highest BCUT2D eigenvalue weighted by atomic mass is 32.2. The van der Waals surface area contributed by atoms with E-state index >= 15 is 0 Å².